The lowest BCUT2D eigenvalue weighted by molar-refractivity contribution is 0.0374. The van der Waals surface area contributed by atoms with Gasteiger partial charge >= 0.3 is 0 Å². The minimum atomic E-state index is 0.716. The molecule has 1 saturated heterocycles. The van der Waals surface area contributed by atoms with Crippen molar-refractivity contribution >= 4 is 0 Å². The number of para-hydroxylation sites is 1. The summed E-state index contributed by atoms with van der Waals surface area (Å²) in [6, 6.07) is 8.24. The Morgan fingerprint density at radius 1 is 1.25 bits per heavy atom. The fourth-order valence-corrected chi connectivity index (χ4v) is 2.42. The van der Waals surface area contributed by atoms with Crippen molar-refractivity contribution in [3.05, 3.63) is 29.8 Å². The van der Waals surface area contributed by atoms with E-state index in [0.29, 0.717) is 6.61 Å². The Morgan fingerprint density at radius 2 is 2.05 bits per heavy atom. The highest BCUT2D eigenvalue weighted by Gasteiger charge is 2.09. The molecular weight excluding hydrogens is 252 g/mol. The van der Waals surface area contributed by atoms with E-state index in [1.54, 1.807) is 0 Å². The normalized spacial score (nSPS) is 16.2. The van der Waals surface area contributed by atoms with E-state index < -0.39 is 0 Å². The number of hydrogen-bond donors (Lipinski definition) is 1. The Bertz CT molecular complexity index is 378. The minimum absolute atomic E-state index is 0.716. The summed E-state index contributed by atoms with van der Waals surface area (Å²) in [5.74, 6) is 0.996. The lowest BCUT2D eigenvalue weighted by atomic mass is 10.2. The van der Waals surface area contributed by atoms with E-state index in [1.165, 1.54) is 12.0 Å². The Labute approximate surface area is 122 Å². The first kappa shape index (κ1) is 15.3. The molecule has 1 aromatic rings. The number of benzene rings is 1. The smallest absolute Gasteiger partial charge is 0.123 e. The van der Waals surface area contributed by atoms with E-state index in [-0.39, 0.29) is 0 Å². The van der Waals surface area contributed by atoms with Crippen molar-refractivity contribution in [3.63, 3.8) is 0 Å². The first-order valence-electron chi connectivity index (χ1n) is 7.61. The van der Waals surface area contributed by atoms with Crippen molar-refractivity contribution in [2.45, 2.75) is 19.9 Å². The molecule has 0 spiro atoms. The average molecular weight is 278 g/mol. The number of rotatable bonds is 8. The van der Waals surface area contributed by atoms with Crippen LogP contribution in [0.15, 0.2) is 24.3 Å². The van der Waals surface area contributed by atoms with E-state index >= 15 is 0 Å². The van der Waals surface area contributed by atoms with Gasteiger partial charge in [-0.05, 0) is 32.5 Å². The molecule has 0 amide bonds. The molecule has 1 N–H and O–H groups in total. The van der Waals surface area contributed by atoms with Crippen molar-refractivity contribution in [1.82, 2.24) is 10.2 Å². The van der Waals surface area contributed by atoms with Crippen LogP contribution in [0, 0.1) is 0 Å². The largest absolute Gasteiger partial charge is 0.494 e. The Kier molecular flexibility index (Phi) is 6.84. The van der Waals surface area contributed by atoms with Crippen molar-refractivity contribution in [2.24, 2.45) is 0 Å². The molecule has 0 bridgehead atoms. The highest BCUT2D eigenvalue weighted by atomic mass is 16.5. The van der Waals surface area contributed by atoms with Gasteiger partial charge in [0.1, 0.15) is 5.75 Å². The molecule has 112 valence electrons. The second-order valence-electron chi connectivity index (χ2n) is 5.03. The SMILES string of the molecule is CCOc1ccccc1CNCCCN1CCOCC1. The maximum Gasteiger partial charge on any atom is 0.123 e. The van der Waals surface area contributed by atoms with Crippen molar-refractivity contribution < 1.29 is 9.47 Å². The summed E-state index contributed by atoms with van der Waals surface area (Å²) in [5, 5.41) is 3.50. The highest BCUT2D eigenvalue weighted by Crippen LogP contribution is 2.17. The Morgan fingerprint density at radius 3 is 2.85 bits per heavy atom. The molecule has 0 aliphatic carbocycles. The molecule has 0 aromatic heterocycles. The molecule has 20 heavy (non-hydrogen) atoms. The number of hydrogen-bond acceptors (Lipinski definition) is 4. The van der Waals surface area contributed by atoms with Crippen LogP contribution < -0.4 is 10.1 Å². The third-order valence-corrected chi connectivity index (χ3v) is 3.52. The first-order valence-corrected chi connectivity index (χ1v) is 7.61. The van der Waals surface area contributed by atoms with Gasteiger partial charge in [-0.2, -0.15) is 0 Å². The zero-order valence-corrected chi connectivity index (χ0v) is 12.4. The Balaban J connectivity index is 1.63. The fraction of sp³-hybridized carbons (Fsp3) is 0.625. The number of morpholine rings is 1. The molecule has 4 heteroatoms. The lowest BCUT2D eigenvalue weighted by Gasteiger charge is -2.26. The quantitative estimate of drug-likeness (QED) is 0.736. The molecule has 1 heterocycles. The summed E-state index contributed by atoms with van der Waals surface area (Å²) in [6.45, 7) is 9.73. The van der Waals surface area contributed by atoms with Crippen LogP contribution in [0.4, 0.5) is 0 Å². The lowest BCUT2D eigenvalue weighted by Crippen LogP contribution is -2.37. The van der Waals surface area contributed by atoms with E-state index in [9.17, 15) is 0 Å². The standard InChI is InChI=1S/C16H26N2O2/c1-2-20-16-7-4-3-6-15(16)14-17-8-5-9-18-10-12-19-13-11-18/h3-4,6-7,17H,2,5,8-14H2,1H3. The van der Waals surface area contributed by atoms with Crippen molar-refractivity contribution in [2.75, 3.05) is 46.0 Å². The number of nitrogens with zero attached hydrogens (tertiary/aromatic N) is 1. The zero-order chi connectivity index (χ0) is 14.0. The van der Waals surface area contributed by atoms with Gasteiger partial charge in [-0.1, -0.05) is 18.2 Å². The average Bonchev–Trinajstić information content (AvgIpc) is 2.50. The summed E-state index contributed by atoms with van der Waals surface area (Å²) in [5.41, 5.74) is 1.24. The first-order chi connectivity index (χ1) is 9.90. The van der Waals surface area contributed by atoms with Gasteiger partial charge in [0.25, 0.3) is 0 Å². The molecule has 1 aromatic carbocycles. The van der Waals surface area contributed by atoms with Gasteiger partial charge in [0.15, 0.2) is 0 Å². The Hall–Kier alpha value is -1.10. The molecule has 1 fully saturated rings. The second-order valence-corrected chi connectivity index (χ2v) is 5.03. The summed E-state index contributed by atoms with van der Waals surface area (Å²) in [7, 11) is 0. The van der Waals surface area contributed by atoms with E-state index in [1.807, 2.05) is 19.1 Å². The predicted molar refractivity (Wildman–Crippen MR) is 81.2 cm³/mol. The van der Waals surface area contributed by atoms with Crippen LogP contribution in [-0.2, 0) is 11.3 Å². The topological polar surface area (TPSA) is 33.7 Å². The van der Waals surface area contributed by atoms with Gasteiger partial charge in [0.2, 0.25) is 0 Å². The van der Waals surface area contributed by atoms with Crippen molar-refractivity contribution in [1.29, 1.82) is 0 Å². The molecule has 0 atom stereocenters. The minimum Gasteiger partial charge on any atom is -0.494 e. The van der Waals surface area contributed by atoms with E-state index in [0.717, 1.165) is 51.7 Å². The summed E-state index contributed by atoms with van der Waals surface area (Å²) in [6.07, 6.45) is 1.18. The highest BCUT2D eigenvalue weighted by molar-refractivity contribution is 5.33. The summed E-state index contributed by atoms with van der Waals surface area (Å²) in [4.78, 5) is 2.47. The molecule has 4 nitrogen and oxygen atoms in total. The van der Waals surface area contributed by atoms with Crippen LogP contribution in [0.1, 0.15) is 18.9 Å². The van der Waals surface area contributed by atoms with Crippen molar-refractivity contribution in [3.8, 4) is 5.75 Å². The van der Waals surface area contributed by atoms with Gasteiger partial charge < -0.3 is 14.8 Å². The van der Waals surface area contributed by atoms with Crippen LogP contribution in [-0.4, -0.2) is 50.9 Å². The van der Waals surface area contributed by atoms with Crippen LogP contribution in [0.3, 0.4) is 0 Å². The van der Waals surface area contributed by atoms with Crippen LogP contribution in [0.2, 0.25) is 0 Å². The molecular formula is C16H26N2O2. The second kappa shape index (κ2) is 8.95. The predicted octanol–water partition coefficient (Wildman–Crippen LogP) is 1.90. The zero-order valence-electron chi connectivity index (χ0n) is 12.4. The molecule has 2 rings (SSSR count). The molecule has 1 aliphatic heterocycles. The third kappa shape index (κ3) is 5.12. The van der Waals surface area contributed by atoms with Gasteiger partial charge in [-0.3, -0.25) is 4.90 Å². The van der Waals surface area contributed by atoms with Crippen LogP contribution in [0.25, 0.3) is 0 Å². The van der Waals surface area contributed by atoms with E-state index in [2.05, 4.69) is 22.3 Å². The molecule has 0 saturated carbocycles. The number of nitrogens with one attached hydrogen (secondary N) is 1. The van der Waals surface area contributed by atoms with Gasteiger partial charge in [0, 0.05) is 25.2 Å². The maximum absolute atomic E-state index is 5.63. The molecule has 0 unspecified atom stereocenters. The molecule has 0 radical (unpaired) electrons. The maximum atomic E-state index is 5.63. The van der Waals surface area contributed by atoms with Crippen LogP contribution in [0.5, 0.6) is 5.75 Å². The molecule has 1 aliphatic rings. The van der Waals surface area contributed by atoms with Gasteiger partial charge in [-0.25, -0.2) is 0 Å². The monoisotopic (exact) mass is 278 g/mol. The number of ether oxygens (including phenoxy) is 2. The van der Waals surface area contributed by atoms with Gasteiger partial charge in [0.05, 0.1) is 19.8 Å². The summed E-state index contributed by atoms with van der Waals surface area (Å²) >= 11 is 0. The van der Waals surface area contributed by atoms with Gasteiger partial charge in [-0.15, -0.1) is 0 Å². The summed E-state index contributed by atoms with van der Waals surface area (Å²) < 4.78 is 11.0. The third-order valence-electron chi connectivity index (χ3n) is 3.52. The fourth-order valence-electron chi connectivity index (χ4n) is 2.42. The van der Waals surface area contributed by atoms with E-state index in [4.69, 9.17) is 9.47 Å². The van der Waals surface area contributed by atoms with Crippen LogP contribution >= 0.6 is 0 Å².